The van der Waals surface area contributed by atoms with Crippen LogP contribution in [0.3, 0.4) is 0 Å². The second kappa shape index (κ2) is 6.12. The van der Waals surface area contributed by atoms with Crippen molar-refractivity contribution in [3.63, 3.8) is 0 Å². The monoisotopic (exact) mass is 341 g/mol. The summed E-state index contributed by atoms with van der Waals surface area (Å²) in [5.41, 5.74) is 4.06. The molecule has 1 aliphatic rings. The van der Waals surface area contributed by atoms with Crippen molar-refractivity contribution in [2.75, 3.05) is 7.11 Å². The average Bonchev–Trinajstić information content (AvgIpc) is 3.33. The highest BCUT2D eigenvalue weighted by molar-refractivity contribution is 5.84. The number of fused-ring (bicyclic) bond motifs is 1. The molecule has 0 bridgehead atoms. The lowest BCUT2D eigenvalue weighted by molar-refractivity contribution is 0.0586. The maximum absolute atomic E-state index is 13.2. The molecule has 0 aliphatic heterocycles. The Kier molecular flexibility index (Phi) is 3.79. The SMILES string of the molecule is COC(=O)c1ncn(Cc2nn(-c3ccc(F)cc3)c3c2CCC3)n1. The molecule has 0 radical (unpaired) electrons. The van der Waals surface area contributed by atoms with Gasteiger partial charge in [0.05, 0.1) is 25.0 Å². The lowest BCUT2D eigenvalue weighted by atomic mass is 10.2. The number of rotatable bonds is 4. The van der Waals surface area contributed by atoms with Gasteiger partial charge in [-0.2, -0.15) is 5.10 Å². The third-order valence-corrected chi connectivity index (χ3v) is 4.30. The number of methoxy groups -OCH3 is 1. The Hall–Kier alpha value is -3.03. The molecular weight excluding hydrogens is 325 g/mol. The van der Waals surface area contributed by atoms with Gasteiger partial charge in [0.2, 0.25) is 0 Å². The molecule has 25 heavy (non-hydrogen) atoms. The van der Waals surface area contributed by atoms with Crippen molar-refractivity contribution in [2.45, 2.75) is 25.8 Å². The number of halogens is 1. The molecule has 0 atom stereocenters. The number of hydrogen-bond donors (Lipinski definition) is 0. The highest BCUT2D eigenvalue weighted by Crippen LogP contribution is 2.28. The van der Waals surface area contributed by atoms with E-state index in [1.54, 1.807) is 16.8 Å². The molecule has 7 nitrogen and oxygen atoms in total. The molecule has 1 aliphatic carbocycles. The lowest BCUT2D eigenvalue weighted by Crippen LogP contribution is -2.08. The van der Waals surface area contributed by atoms with Crippen LogP contribution in [-0.2, 0) is 24.1 Å². The standard InChI is InChI=1S/C17H16FN5O2/c1-25-17(24)16-19-10-22(21-16)9-14-13-3-2-4-15(13)23(20-14)12-7-5-11(18)6-8-12/h5-8,10H,2-4,9H2,1H3. The Morgan fingerprint density at radius 3 is 2.80 bits per heavy atom. The second-order valence-corrected chi connectivity index (χ2v) is 5.87. The van der Waals surface area contributed by atoms with E-state index in [2.05, 4.69) is 14.8 Å². The average molecular weight is 341 g/mol. The van der Waals surface area contributed by atoms with Gasteiger partial charge in [-0.1, -0.05) is 0 Å². The summed E-state index contributed by atoms with van der Waals surface area (Å²) < 4.78 is 21.2. The van der Waals surface area contributed by atoms with Crippen molar-refractivity contribution < 1.29 is 13.9 Å². The zero-order valence-electron chi connectivity index (χ0n) is 13.6. The van der Waals surface area contributed by atoms with Crippen molar-refractivity contribution in [2.24, 2.45) is 0 Å². The summed E-state index contributed by atoms with van der Waals surface area (Å²) in [4.78, 5) is 15.4. The minimum absolute atomic E-state index is 0.0251. The lowest BCUT2D eigenvalue weighted by Gasteiger charge is -2.05. The number of aromatic nitrogens is 5. The number of ether oxygens (including phenoxy) is 1. The van der Waals surface area contributed by atoms with Gasteiger partial charge in [-0.15, -0.1) is 5.10 Å². The summed E-state index contributed by atoms with van der Waals surface area (Å²) in [7, 11) is 1.29. The van der Waals surface area contributed by atoms with E-state index in [4.69, 9.17) is 5.10 Å². The molecule has 2 aromatic heterocycles. The number of benzene rings is 1. The van der Waals surface area contributed by atoms with Crippen molar-refractivity contribution in [1.29, 1.82) is 0 Å². The topological polar surface area (TPSA) is 74.8 Å². The zero-order chi connectivity index (χ0) is 17.4. The Morgan fingerprint density at radius 2 is 2.04 bits per heavy atom. The van der Waals surface area contributed by atoms with Crippen molar-refractivity contribution in [1.82, 2.24) is 24.5 Å². The van der Waals surface area contributed by atoms with E-state index in [0.29, 0.717) is 6.54 Å². The van der Waals surface area contributed by atoms with Crippen LogP contribution < -0.4 is 0 Å². The molecule has 0 saturated carbocycles. The van der Waals surface area contributed by atoms with Crippen LogP contribution in [0.4, 0.5) is 4.39 Å². The number of nitrogens with zero attached hydrogens (tertiary/aromatic N) is 5. The Morgan fingerprint density at radius 1 is 1.24 bits per heavy atom. The van der Waals surface area contributed by atoms with Crippen LogP contribution in [0.5, 0.6) is 0 Å². The molecule has 0 fully saturated rings. The normalized spacial score (nSPS) is 13.0. The molecular formula is C17H16FN5O2. The first kappa shape index (κ1) is 15.5. The maximum Gasteiger partial charge on any atom is 0.377 e. The van der Waals surface area contributed by atoms with Gasteiger partial charge in [0.1, 0.15) is 12.1 Å². The minimum Gasteiger partial charge on any atom is -0.463 e. The molecule has 0 amide bonds. The number of hydrogen-bond acceptors (Lipinski definition) is 5. The first-order valence-corrected chi connectivity index (χ1v) is 7.99. The van der Waals surface area contributed by atoms with Gasteiger partial charge in [-0.3, -0.25) is 0 Å². The molecule has 1 aromatic carbocycles. The largest absolute Gasteiger partial charge is 0.463 e. The third kappa shape index (κ3) is 2.79. The quantitative estimate of drug-likeness (QED) is 0.678. The Labute approximate surface area is 143 Å². The van der Waals surface area contributed by atoms with Crippen LogP contribution in [0.1, 0.15) is 34.0 Å². The van der Waals surface area contributed by atoms with Crippen LogP contribution >= 0.6 is 0 Å². The molecule has 8 heteroatoms. The minimum atomic E-state index is -0.569. The van der Waals surface area contributed by atoms with Crippen LogP contribution in [0.25, 0.3) is 5.69 Å². The molecule has 128 valence electrons. The van der Waals surface area contributed by atoms with Gasteiger partial charge in [-0.05, 0) is 49.1 Å². The second-order valence-electron chi connectivity index (χ2n) is 5.87. The van der Waals surface area contributed by atoms with Crippen LogP contribution in [0.2, 0.25) is 0 Å². The van der Waals surface area contributed by atoms with E-state index in [-0.39, 0.29) is 11.6 Å². The molecule has 0 N–H and O–H groups in total. The highest BCUT2D eigenvalue weighted by atomic mass is 19.1. The van der Waals surface area contributed by atoms with E-state index in [1.807, 2.05) is 4.68 Å². The number of carbonyl (C=O) groups excluding carboxylic acids is 1. The maximum atomic E-state index is 13.2. The third-order valence-electron chi connectivity index (χ3n) is 4.30. The Balaban J connectivity index is 1.67. The predicted octanol–water partition coefficient (Wildman–Crippen LogP) is 1.93. The van der Waals surface area contributed by atoms with E-state index in [1.165, 1.54) is 31.1 Å². The Bertz CT molecular complexity index is 929. The number of esters is 1. The smallest absolute Gasteiger partial charge is 0.377 e. The predicted molar refractivity (Wildman–Crippen MR) is 86.0 cm³/mol. The van der Waals surface area contributed by atoms with Crippen LogP contribution in [-0.4, -0.2) is 37.6 Å². The van der Waals surface area contributed by atoms with Gasteiger partial charge >= 0.3 is 5.97 Å². The fraction of sp³-hybridized carbons (Fsp3) is 0.294. The fourth-order valence-electron chi connectivity index (χ4n) is 3.15. The summed E-state index contributed by atoms with van der Waals surface area (Å²) in [6, 6.07) is 6.29. The molecule has 0 spiro atoms. The summed E-state index contributed by atoms with van der Waals surface area (Å²) in [5, 5.41) is 8.82. The van der Waals surface area contributed by atoms with Gasteiger partial charge in [0.25, 0.3) is 5.82 Å². The summed E-state index contributed by atoms with van der Waals surface area (Å²) in [5.74, 6) is -0.816. The van der Waals surface area contributed by atoms with Crippen molar-refractivity contribution in [3.8, 4) is 5.69 Å². The van der Waals surface area contributed by atoms with Crippen LogP contribution in [0.15, 0.2) is 30.6 Å². The first-order chi connectivity index (χ1) is 12.2. The van der Waals surface area contributed by atoms with E-state index in [0.717, 1.165) is 36.3 Å². The highest BCUT2D eigenvalue weighted by Gasteiger charge is 2.24. The van der Waals surface area contributed by atoms with Crippen LogP contribution in [0, 0.1) is 5.82 Å². The van der Waals surface area contributed by atoms with Gasteiger partial charge in [0.15, 0.2) is 0 Å². The van der Waals surface area contributed by atoms with Gasteiger partial charge in [-0.25, -0.2) is 23.5 Å². The van der Waals surface area contributed by atoms with E-state index < -0.39 is 5.97 Å². The summed E-state index contributed by atoms with van der Waals surface area (Å²) in [6.07, 6.45) is 4.44. The zero-order valence-corrected chi connectivity index (χ0v) is 13.6. The molecule has 2 heterocycles. The van der Waals surface area contributed by atoms with Gasteiger partial charge < -0.3 is 4.74 Å². The fourth-order valence-corrected chi connectivity index (χ4v) is 3.15. The van der Waals surface area contributed by atoms with E-state index >= 15 is 0 Å². The molecule has 0 unspecified atom stereocenters. The molecule has 3 aromatic rings. The summed E-state index contributed by atoms with van der Waals surface area (Å²) >= 11 is 0. The van der Waals surface area contributed by atoms with Crippen molar-refractivity contribution in [3.05, 3.63) is 59.2 Å². The molecule has 4 rings (SSSR count). The number of carbonyl (C=O) groups is 1. The first-order valence-electron chi connectivity index (χ1n) is 7.99. The van der Waals surface area contributed by atoms with E-state index in [9.17, 15) is 9.18 Å². The van der Waals surface area contributed by atoms with Crippen molar-refractivity contribution >= 4 is 5.97 Å². The summed E-state index contributed by atoms with van der Waals surface area (Å²) in [6.45, 7) is 0.417. The molecule has 0 saturated heterocycles. The van der Waals surface area contributed by atoms with Gasteiger partial charge in [0, 0.05) is 5.69 Å².